The fourth-order valence-electron chi connectivity index (χ4n) is 1.82. The third-order valence-corrected chi connectivity index (χ3v) is 4.74. The molecule has 0 saturated carbocycles. The van der Waals surface area contributed by atoms with Crippen LogP contribution in [0.5, 0.6) is 0 Å². The molecule has 0 saturated heterocycles. The van der Waals surface area contributed by atoms with Crippen LogP contribution in [0.25, 0.3) is 10.9 Å². The lowest BCUT2D eigenvalue weighted by atomic mass is 10.1. The van der Waals surface area contributed by atoms with Gasteiger partial charge >= 0.3 is 0 Å². The molecular formula is C15H20N2S. The quantitative estimate of drug-likeness (QED) is 0.830. The summed E-state index contributed by atoms with van der Waals surface area (Å²) < 4.78 is 0. The maximum absolute atomic E-state index is 5.83. The van der Waals surface area contributed by atoms with Crippen LogP contribution >= 0.6 is 11.8 Å². The number of thioether (sulfide) groups is 1. The van der Waals surface area contributed by atoms with Gasteiger partial charge in [0.1, 0.15) is 0 Å². The van der Waals surface area contributed by atoms with Crippen molar-refractivity contribution in [3.63, 3.8) is 0 Å². The highest BCUT2D eigenvalue weighted by molar-refractivity contribution is 7.99. The molecule has 0 radical (unpaired) electrons. The van der Waals surface area contributed by atoms with Crippen molar-refractivity contribution >= 4 is 22.7 Å². The molecule has 0 fully saturated rings. The number of nitrogens with zero attached hydrogens (tertiary/aromatic N) is 1. The first-order valence-corrected chi connectivity index (χ1v) is 7.44. The molecule has 1 aromatic heterocycles. The van der Waals surface area contributed by atoms with Crippen LogP contribution in [0.2, 0.25) is 0 Å². The van der Waals surface area contributed by atoms with Gasteiger partial charge in [0.05, 0.1) is 5.52 Å². The number of hydrogen-bond donors (Lipinski definition) is 1. The summed E-state index contributed by atoms with van der Waals surface area (Å²) in [6.07, 6.45) is 3.13. The summed E-state index contributed by atoms with van der Waals surface area (Å²) in [7, 11) is 0. The zero-order chi connectivity index (χ0) is 13.0. The van der Waals surface area contributed by atoms with E-state index in [4.69, 9.17) is 5.73 Å². The Morgan fingerprint density at radius 3 is 2.83 bits per heavy atom. The lowest BCUT2D eigenvalue weighted by molar-refractivity contribution is 0.637. The Hall–Kier alpha value is -1.06. The molecule has 96 valence electrons. The maximum Gasteiger partial charge on any atom is 0.0713 e. The molecule has 2 aromatic rings. The lowest BCUT2D eigenvalue weighted by Gasteiger charge is -2.13. The van der Waals surface area contributed by atoms with Crippen molar-refractivity contribution in [2.45, 2.75) is 31.7 Å². The standard InChI is InChI=1S/C15H20N2S/c1-3-11(2)10-18-15-12(8-16)9-17-14-7-5-4-6-13(14)15/h4-7,9,11H,3,8,10,16H2,1-2H3. The van der Waals surface area contributed by atoms with Gasteiger partial charge in [0.15, 0.2) is 0 Å². The van der Waals surface area contributed by atoms with E-state index in [9.17, 15) is 0 Å². The van der Waals surface area contributed by atoms with E-state index in [1.54, 1.807) is 0 Å². The molecule has 1 atom stereocenters. The molecule has 0 spiro atoms. The van der Waals surface area contributed by atoms with Gasteiger partial charge in [0.25, 0.3) is 0 Å². The van der Waals surface area contributed by atoms with Crippen molar-refractivity contribution in [3.8, 4) is 0 Å². The van der Waals surface area contributed by atoms with E-state index < -0.39 is 0 Å². The van der Waals surface area contributed by atoms with Crippen molar-refractivity contribution in [2.24, 2.45) is 11.7 Å². The van der Waals surface area contributed by atoms with E-state index in [1.807, 2.05) is 24.0 Å². The Labute approximate surface area is 113 Å². The van der Waals surface area contributed by atoms with Crippen molar-refractivity contribution < 1.29 is 0 Å². The van der Waals surface area contributed by atoms with Gasteiger partial charge < -0.3 is 5.73 Å². The zero-order valence-corrected chi connectivity index (χ0v) is 11.8. The average molecular weight is 260 g/mol. The van der Waals surface area contributed by atoms with Crippen molar-refractivity contribution in [1.82, 2.24) is 4.98 Å². The monoisotopic (exact) mass is 260 g/mol. The van der Waals surface area contributed by atoms with Crippen LogP contribution in [0.15, 0.2) is 35.4 Å². The molecule has 18 heavy (non-hydrogen) atoms. The van der Waals surface area contributed by atoms with Gasteiger partial charge in [-0.2, -0.15) is 0 Å². The van der Waals surface area contributed by atoms with E-state index >= 15 is 0 Å². The Bertz CT molecular complexity index is 525. The maximum atomic E-state index is 5.83. The predicted octanol–water partition coefficient (Wildman–Crippen LogP) is 3.83. The molecule has 0 aliphatic rings. The zero-order valence-electron chi connectivity index (χ0n) is 11.0. The molecule has 3 heteroatoms. The summed E-state index contributed by atoms with van der Waals surface area (Å²) in [4.78, 5) is 5.78. The fourth-order valence-corrected chi connectivity index (χ4v) is 3.15. The van der Waals surface area contributed by atoms with Gasteiger partial charge in [0.2, 0.25) is 0 Å². The number of pyridine rings is 1. The van der Waals surface area contributed by atoms with Crippen LogP contribution in [0.4, 0.5) is 0 Å². The Balaban J connectivity index is 2.38. The largest absolute Gasteiger partial charge is 0.326 e. The van der Waals surface area contributed by atoms with E-state index in [2.05, 4.69) is 37.0 Å². The Morgan fingerprint density at radius 2 is 2.11 bits per heavy atom. The van der Waals surface area contributed by atoms with Gasteiger partial charge in [-0.3, -0.25) is 4.98 Å². The summed E-state index contributed by atoms with van der Waals surface area (Å²) in [5.74, 6) is 1.87. The fraction of sp³-hybridized carbons (Fsp3) is 0.400. The summed E-state index contributed by atoms with van der Waals surface area (Å²) in [6.45, 7) is 5.08. The highest BCUT2D eigenvalue weighted by Crippen LogP contribution is 2.31. The topological polar surface area (TPSA) is 38.9 Å². The number of nitrogens with two attached hydrogens (primary N) is 1. The highest BCUT2D eigenvalue weighted by Gasteiger charge is 2.09. The van der Waals surface area contributed by atoms with E-state index in [-0.39, 0.29) is 0 Å². The third-order valence-electron chi connectivity index (χ3n) is 3.23. The van der Waals surface area contributed by atoms with Crippen LogP contribution in [0, 0.1) is 5.92 Å². The summed E-state index contributed by atoms with van der Waals surface area (Å²) in [5, 5.41) is 1.23. The molecule has 0 bridgehead atoms. The number of rotatable bonds is 5. The second-order valence-electron chi connectivity index (χ2n) is 4.66. The number of benzene rings is 1. The molecule has 1 unspecified atom stereocenters. The van der Waals surface area contributed by atoms with Crippen molar-refractivity contribution in [1.29, 1.82) is 0 Å². The number of hydrogen-bond acceptors (Lipinski definition) is 3. The minimum atomic E-state index is 0.556. The lowest BCUT2D eigenvalue weighted by Crippen LogP contribution is -2.02. The van der Waals surface area contributed by atoms with E-state index in [0.717, 1.165) is 22.8 Å². The Morgan fingerprint density at radius 1 is 1.33 bits per heavy atom. The van der Waals surface area contributed by atoms with E-state index in [1.165, 1.54) is 16.7 Å². The summed E-state index contributed by atoms with van der Waals surface area (Å²) in [5.41, 5.74) is 8.04. The SMILES string of the molecule is CCC(C)CSc1c(CN)cnc2ccccc12. The summed E-state index contributed by atoms with van der Waals surface area (Å²) >= 11 is 1.91. The highest BCUT2D eigenvalue weighted by atomic mass is 32.2. The molecule has 1 heterocycles. The second kappa shape index (κ2) is 6.21. The smallest absolute Gasteiger partial charge is 0.0713 e. The summed E-state index contributed by atoms with van der Waals surface area (Å²) in [6, 6.07) is 8.29. The van der Waals surface area contributed by atoms with Crippen LogP contribution in [-0.2, 0) is 6.54 Å². The molecule has 2 rings (SSSR count). The number of para-hydroxylation sites is 1. The van der Waals surface area contributed by atoms with Crippen molar-refractivity contribution in [3.05, 3.63) is 36.0 Å². The molecule has 2 nitrogen and oxygen atoms in total. The molecule has 2 N–H and O–H groups in total. The van der Waals surface area contributed by atoms with Crippen molar-refractivity contribution in [2.75, 3.05) is 5.75 Å². The van der Waals surface area contributed by atoms with Crippen LogP contribution in [0.3, 0.4) is 0 Å². The van der Waals surface area contributed by atoms with Gasteiger partial charge in [-0.15, -0.1) is 11.8 Å². The first kappa shape index (κ1) is 13.4. The number of fused-ring (bicyclic) bond motifs is 1. The third kappa shape index (κ3) is 2.85. The van der Waals surface area contributed by atoms with Crippen LogP contribution in [0.1, 0.15) is 25.8 Å². The first-order valence-electron chi connectivity index (χ1n) is 6.45. The normalized spacial score (nSPS) is 12.8. The van der Waals surface area contributed by atoms with E-state index in [0.29, 0.717) is 6.54 Å². The molecular weight excluding hydrogens is 240 g/mol. The molecule has 0 aliphatic carbocycles. The van der Waals surface area contributed by atoms with Crippen LogP contribution < -0.4 is 5.73 Å². The van der Waals surface area contributed by atoms with Gasteiger partial charge in [-0.25, -0.2) is 0 Å². The molecule has 1 aromatic carbocycles. The molecule has 0 aliphatic heterocycles. The van der Waals surface area contributed by atoms with Gasteiger partial charge in [-0.05, 0) is 17.5 Å². The molecule has 0 amide bonds. The minimum Gasteiger partial charge on any atom is -0.326 e. The first-order chi connectivity index (χ1) is 8.76. The average Bonchev–Trinajstić information content (AvgIpc) is 2.44. The predicted molar refractivity (Wildman–Crippen MR) is 79.8 cm³/mol. The van der Waals surface area contributed by atoms with Gasteiger partial charge in [-0.1, -0.05) is 38.5 Å². The second-order valence-corrected chi connectivity index (χ2v) is 5.69. The number of aromatic nitrogens is 1. The van der Waals surface area contributed by atoms with Crippen LogP contribution in [-0.4, -0.2) is 10.7 Å². The Kier molecular flexibility index (Phi) is 4.61. The minimum absolute atomic E-state index is 0.556. The van der Waals surface area contributed by atoms with Gasteiger partial charge in [0, 0.05) is 28.8 Å².